The maximum absolute atomic E-state index is 12.7. The number of amides is 2. The van der Waals surface area contributed by atoms with Crippen molar-refractivity contribution in [2.75, 3.05) is 13.1 Å². The zero-order valence-corrected chi connectivity index (χ0v) is 16.0. The number of piperidine rings is 1. The Morgan fingerprint density at radius 3 is 2.37 bits per heavy atom. The predicted octanol–water partition coefficient (Wildman–Crippen LogP) is 2.86. The van der Waals surface area contributed by atoms with Crippen LogP contribution in [0.1, 0.15) is 32.3 Å². The fraction of sp³-hybridized carbons (Fsp3) is 0.409. The summed E-state index contributed by atoms with van der Waals surface area (Å²) in [5.41, 5.74) is 1.84. The van der Waals surface area contributed by atoms with Crippen LogP contribution >= 0.6 is 0 Å². The second-order valence-electron chi connectivity index (χ2n) is 7.38. The van der Waals surface area contributed by atoms with Crippen molar-refractivity contribution in [1.82, 2.24) is 9.47 Å². The fourth-order valence-corrected chi connectivity index (χ4v) is 3.40. The highest BCUT2D eigenvalue weighted by Gasteiger charge is 2.28. The molecular weight excluding hydrogens is 338 g/mol. The molecule has 0 bridgehead atoms. The molecule has 5 nitrogen and oxygen atoms in total. The number of rotatable bonds is 4. The molecule has 142 valence electrons. The summed E-state index contributed by atoms with van der Waals surface area (Å²) >= 11 is 0. The maximum Gasteiger partial charge on any atom is 0.250 e. The topological polar surface area (TPSA) is 54.7 Å². The monoisotopic (exact) mass is 365 g/mol. The molecule has 1 aliphatic heterocycles. The Hall–Kier alpha value is -2.69. The summed E-state index contributed by atoms with van der Waals surface area (Å²) in [5.74, 6) is -0.0175. The fourth-order valence-electron chi connectivity index (χ4n) is 3.40. The van der Waals surface area contributed by atoms with Crippen LogP contribution in [0.2, 0.25) is 0 Å². The molecule has 1 saturated heterocycles. The van der Waals surface area contributed by atoms with E-state index in [0.29, 0.717) is 38.0 Å². The molecule has 0 saturated carbocycles. The van der Waals surface area contributed by atoms with Crippen molar-refractivity contribution < 1.29 is 9.59 Å². The minimum atomic E-state index is -0.105. The Kier molecular flexibility index (Phi) is 6.22. The van der Waals surface area contributed by atoms with Gasteiger partial charge in [-0.05, 0) is 30.5 Å². The van der Waals surface area contributed by atoms with Crippen molar-refractivity contribution in [3.63, 3.8) is 0 Å². The highest BCUT2D eigenvalue weighted by molar-refractivity contribution is 5.81. The first-order valence-electron chi connectivity index (χ1n) is 9.61. The van der Waals surface area contributed by atoms with Crippen molar-refractivity contribution in [3.8, 4) is 0 Å². The standard InChI is InChI=1S/C22H27N3O2/c1-17(2)22(27)24-14-11-19(12-15-24)21(26)23-20-10-6-7-13-25(20)16-18-8-4-3-5-9-18/h3-10,13,17,19H,11-12,14-16H2,1-2H3. The summed E-state index contributed by atoms with van der Waals surface area (Å²) in [5, 5.41) is 0. The van der Waals surface area contributed by atoms with Crippen LogP contribution in [0.3, 0.4) is 0 Å². The average Bonchev–Trinajstić information content (AvgIpc) is 2.69. The molecule has 1 fully saturated rings. The van der Waals surface area contributed by atoms with Gasteiger partial charge in [0.15, 0.2) is 0 Å². The molecule has 27 heavy (non-hydrogen) atoms. The van der Waals surface area contributed by atoms with E-state index in [2.05, 4.69) is 17.1 Å². The van der Waals surface area contributed by atoms with Crippen LogP contribution in [0, 0.1) is 11.8 Å². The minimum absolute atomic E-state index is 0.00297. The molecule has 2 amide bonds. The van der Waals surface area contributed by atoms with E-state index in [-0.39, 0.29) is 23.7 Å². The SMILES string of the molecule is CC(C)C(=O)N1CCC(C(=O)N=c2ccccn2Cc2ccccc2)CC1. The van der Waals surface area contributed by atoms with Gasteiger partial charge in [0.1, 0.15) is 5.49 Å². The van der Waals surface area contributed by atoms with E-state index in [1.807, 2.05) is 65.9 Å². The first-order valence-corrected chi connectivity index (χ1v) is 9.61. The van der Waals surface area contributed by atoms with E-state index in [1.54, 1.807) is 0 Å². The maximum atomic E-state index is 12.7. The number of hydrogen-bond acceptors (Lipinski definition) is 2. The Morgan fingerprint density at radius 1 is 1.04 bits per heavy atom. The molecule has 2 heterocycles. The zero-order chi connectivity index (χ0) is 19.2. The lowest BCUT2D eigenvalue weighted by Gasteiger charge is -2.31. The van der Waals surface area contributed by atoms with E-state index in [0.717, 1.165) is 5.56 Å². The number of carbonyl (C=O) groups is 2. The molecular formula is C22H27N3O2. The van der Waals surface area contributed by atoms with Gasteiger partial charge in [-0.3, -0.25) is 9.59 Å². The molecule has 0 aliphatic carbocycles. The summed E-state index contributed by atoms with van der Waals surface area (Å²) in [6, 6.07) is 15.8. The van der Waals surface area contributed by atoms with E-state index in [4.69, 9.17) is 0 Å². The first-order chi connectivity index (χ1) is 13.0. The van der Waals surface area contributed by atoms with Crippen LogP contribution in [0.5, 0.6) is 0 Å². The third-order valence-electron chi connectivity index (χ3n) is 4.99. The van der Waals surface area contributed by atoms with Gasteiger partial charge in [-0.1, -0.05) is 50.2 Å². The number of aromatic nitrogens is 1. The largest absolute Gasteiger partial charge is 0.342 e. The lowest BCUT2D eigenvalue weighted by atomic mass is 9.95. The molecule has 0 atom stereocenters. The molecule has 0 N–H and O–H groups in total. The Labute approximate surface area is 160 Å². The third kappa shape index (κ3) is 4.94. The average molecular weight is 365 g/mol. The predicted molar refractivity (Wildman–Crippen MR) is 105 cm³/mol. The third-order valence-corrected chi connectivity index (χ3v) is 4.99. The van der Waals surface area contributed by atoms with E-state index >= 15 is 0 Å². The highest BCUT2D eigenvalue weighted by atomic mass is 16.2. The van der Waals surface area contributed by atoms with Crippen molar-refractivity contribution in [3.05, 3.63) is 65.8 Å². The Bertz CT molecular complexity index is 847. The van der Waals surface area contributed by atoms with Gasteiger partial charge in [0.05, 0.1) is 0 Å². The van der Waals surface area contributed by atoms with Gasteiger partial charge < -0.3 is 9.47 Å². The number of benzene rings is 1. The smallest absolute Gasteiger partial charge is 0.250 e. The number of nitrogens with zero attached hydrogens (tertiary/aromatic N) is 3. The molecule has 2 aromatic rings. The van der Waals surface area contributed by atoms with Gasteiger partial charge in [0.25, 0.3) is 5.91 Å². The van der Waals surface area contributed by atoms with Crippen molar-refractivity contribution in [1.29, 1.82) is 0 Å². The van der Waals surface area contributed by atoms with Gasteiger partial charge >= 0.3 is 0 Å². The van der Waals surface area contributed by atoms with Gasteiger partial charge in [0.2, 0.25) is 5.91 Å². The number of likely N-dealkylation sites (tertiary alicyclic amines) is 1. The van der Waals surface area contributed by atoms with Crippen LogP contribution < -0.4 is 5.49 Å². The van der Waals surface area contributed by atoms with Crippen molar-refractivity contribution in [2.45, 2.75) is 33.2 Å². The molecule has 1 aromatic heterocycles. The van der Waals surface area contributed by atoms with Crippen LogP contribution in [0.4, 0.5) is 0 Å². The van der Waals surface area contributed by atoms with E-state index in [1.165, 1.54) is 0 Å². The van der Waals surface area contributed by atoms with Crippen LogP contribution in [-0.4, -0.2) is 34.4 Å². The van der Waals surface area contributed by atoms with Gasteiger partial charge in [-0.2, -0.15) is 4.99 Å². The second-order valence-corrected chi connectivity index (χ2v) is 7.38. The summed E-state index contributed by atoms with van der Waals surface area (Å²) < 4.78 is 1.99. The molecule has 5 heteroatoms. The minimum Gasteiger partial charge on any atom is -0.342 e. The van der Waals surface area contributed by atoms with Crippen molar-refractivity contribution in [2.24, 2.45) is 16.8 Å². The lowest BCUT2D eigenvalue weighted by Crippen LogP contribution is -2.42. The highest BCUT2D eigenvalue weighted by Crippen LogP contribution is 2.20. The second kappa shape index (κ2) is 8.80. The summed E-state index contributed by atoms with van der Waals surface area (Å²) in [4.78, 5) is 31.1. The van der Waals surface area contributed by atoms with Crippen LogP contribution in [-0.2, 0) is 16.1 Å². The van der Waals surface area contributed by atoms with Crippen molar-refractivity contribution >= 4 is 11.8 Å². The van der Waals surface area contributed by atoms with Crippen LogP contribution in [0.15, 0.2) is 59.7 Å². The number of pyridine rings is 1. The summed E-state index contributed by atoms with van der Waals surface area (Å²) in [6.07, 6.45) is 3.32. The molecule has 1 aliphatic rings. The summed E-state index contributed by atoms with van der Waals surface area (Å²) in [7, 11) is 0. The number of hydrogen-bond donors (Lipinski definition) is 0. The van der Waals surface area contributed by atoms with Gasteiger partial charge in [0, 0.05) is 37.7 Å². The molecule has 1 aromatic carbocycles. The lowest BCUT2D eigenvalue weighted by molar-refractivity contribution is -0.137. The van der Waals surface area contributed by atoms with E-state index < -0.39 is 0 Å². The normalized spacial score (nSPS) is 16.0. The van der Waals surface area contributed by atoms with Crippen LogP contribution in [0.25, 0.3) is 0 Å². The zero-order valence-electron chi connectivity index (χ0n) is 16.0. The van der Waals surface area contributed by atoms with Gasteiger partial charge in [-0.15, -0.1) is 0 Å². The Balaban J connectivity index is 1.70. The molecule has 3 rings (SSSR count). The Morgan fingerprint density at radius 2 is 1.70 bits per heavy atom. The van der Waals surface area contributed by atoms with E-state index in [9.17, 15) is 9.59 Å². The molecule has 0 spiro atoms. The summed E-state index contributed by atoms with van der Waals surface area (Å²) in [6.45, 7) is 5.78. The molecule has 0 radical (unpaired) electrons. The first kappa shape index (κ1) is 19.1. The van der Waals surface area contributed by atoms with Gasteiger partial charge in [-0.25, -0.2) is 0 Å². The molecule has 0 unspecified atom stereocenters. The number of carbonyl (C=O) groups excluding carboxylic acids is 2. The quantitative estimate of drug-likeness (QED) is 0.837.